The van der Waals surface area contributed by atoms with E-state index < -0.39 is 0 Å². The maximum Gasteiger partial charge on any atom is 0.152 e. The first kappa shape index (κ1) is 16.2. The number of rotatable bonds is 8. The highest BCUT2D eigenvalue weighted by Gasteiger charge is 2.17. The Morgan fingerprint density at radius 3 is 2.63 bits per heavy atom. The second-order valence-corrected chi connectivity index (χ2v) is 5.16. The first-order chi connectivity index (χ1) is 9.03. The number of nitrogens with zero attached hydrogens (tertiary/aromatic N) is 2. The van der Waals surface area contributed by atoms with Crippen LogP contribution in [-0.2, 0) is 24.2 Å². The maximum absolute atomic E-state index is 12.0. The van der Waals surface area contributed by atoms with Crippen molar-refractivity contribution in [2.75, 3.05) is 6.54 Å². The van der Waals surface area contributed by atoms with Gasteiger partial charge in [0, 0.05) is 12.6 Å². The summed E-state index contributed by atoms with van der Waals surface area (Å²) in [6.07, 6.45) is 2.15. The molecular formula is C14H24ClN3O. The first-order valence-electron chi connectivity index (χ1n) is 7.02. The fraction of sp³-hybridized carbons (Fsp3) is 0.714. The Morgan fingerprint density at radius 2 is 2.11 bits per heavy atom. The predicted octanol–water partition coefficient (Wildman–Crippen LogP) is 2.62. The van der Waals surface area contributed by atoms with E-state index in [1.54, 1.807) is 0 Å². The van der Waals surface area contributed by atoms with Crippen LogP contribution in [0.5, 0.6) is 0 Å². The van der Waals surface area contributed by atoms with E-state index in [4.69, 9.17) is 11.6 Å². The van der Waals surface area contributed by atoms with Gasteiger partial charge in [-0.15, -0.1) is 0 Å². The summed E-state index contributed by atoms with van der Waals surface area (Å²) < 4.78 is 1.84. The van der Waals surface area contributed by atoms with Gasteiger partial charge in [-0.3, -0.25) is 9.48 Å². The van der Waals surface area contributed by atoms with E-state index >= 15 is 0 Å². The third-order valence-electron chi connectivity index (χ3n) is 3.32. The fourth-order valence-corrected chi connectivity index (χ4v) is 2.20. The van der Waals surface area contributed by atoms with Gasteiger partial charge in [0.15, 0.2) is 5.78 Å². The number of ketones is 1. The highest BCUT2D eigenvalue weighted by Crippen LogP contribution is 2.22. The molecule has 0 spiro atoms. The number of Topliss-reactive ketones (excluding diaryl/α,β-unsaturated/α-hetero) is 1. The number of hydrogen-bond donors (Lipinski definition) is 1. The maximum atomic E-state index is 12.0. The second-order valence-electron chi connectivity index (χ2n) is 4.78. The third kappa shape index (κ3) is 4.32. The number of halogens is 1. The van der Waals surface area contributed by atoms with Crippen LogP contribution in [-0.4, -0.2) is 28.2 Å². The Labute approximate surface area is 120 Å². The molecule has 1 heterocycles. The van der Waals surface area contributed by atoms with Crippen molar-refractivity contribution in [1.29, 1.82) is 0 Å². The Bertz CT molecular complexity index is 429. The lowest BCUT2D eigenvalue weighted by Crippen LogP contribution is -2.32. The number of carbonyl (C=O) groups is 1. The lowest BCUT2D eigenvalue weighted by molar-refractivity contribution is -0.117. The minimum absolute atomic E-state index is 0.152. The Balaban J connectivity index is 2.70. The monoisotopic (exact) mass is 285 g/mol. The third-order valence-corrected chi connectivity index (χ3v) is 3.76. The largest absolute Gasteiger partial charge is 0.307 e. The molecule has 0 aliphatic rings. The van der Waals surface area contributed by atoms with E-state index in [0.717, 1.165) is 30.8 Å². The van der Waals surface area contributed by atoms with Crippen LogP contribution in [0.4, 0.5) is 0 Å². The molecule has 1 atom stereocenters. The van der Waals surface area contributed by atoms with E-state index in [1.807, 2.05) is 18.5 Å². The van der Waals surface area contributed by atoms with Crippen molar-refractivity contribution in [1.82, 2.24) is 15.1 Å². The molecule has 0 aliphatic heterocycles. The molecule has 1 rings (SSSR count). The van der Waals surface area contributed by atoms with Crippen LogP contribution in [0.15, 0.2) is 0 Å². The van der Waals surface area contributed by atoms with Crippen molar-refractivity contribution < 1.29 is 4.79 Å². The normalized spacial score (nSPS) is 12.7. The van der Waals surface area contributed by atoms with Gasteiger partial charge in [-0.1, -0.05) is 25.4 Å². The van der Waals surface area contributed by atoms with E-state index in [9.17, 15) is 4.79 Å². The van der Waals surface area contributed by atoms with Crippen LogP contribution in [0.3, 0.4) is 0 Å². The van der Waals surface area contributed by atoms with Gasteiger partial charge in [-0.2, -0.15) is 5.10 Å². The van der Waals surface area contributed by atoms with E-state index in [2.05, 4.69) is 24.3 Å². The lowest BCUT2D eigenvalue weighted by atomic mass is 10.1. The number of nitrogens with one attached hydrogen (secondary N) is 1. The molecule has 5 heteroatoms. The van der Waals surface area contributed by atoms with Crippen LogP contribution in [0.25, 0.3) is 0 Å². The molecule has 1 unspecified atom stereocenters. The van der Waals surface area contributed by atoms with E-state index in [0.29, 0.717) is 24.0 Å². The molecule has 1 aromatic heterocycles. The summed E-state index contributed by atoms with van der Waals surface area (Å²) in [7, 11) is 0. The number of carbonyl (C=O) groups excluding carboxylic acids is 1. The van der Waals surface area contributed by atoms with Crippen molar-refractivity contribution in [3.8, 4) is 0 Å². The average Bonchev–Trinajstić information content (AvgIpc) is 2.72. The van der Waals surface area contributed by atoms with Gasteiger partial charge in [-0.25, -0.2) is 0 Å². The minimum atomic E-state index is 0.152. The molecule has 0 saturated carbocycles. The van der Waals surface area contributed by atoms with Crippen LogP contribution >= 0.6 is 11.6 Å². The molecule has 0 saturated heterocycles. The lowest BCUT2D eigenvalue weighted by Gasteiger charge is -2.10. The van der Waals surface area contributed by atoms with E-state index in [-0.39, 0.29) is 5.78 Å². The summed E-state index contributed by atoms with van der Waals surface area (Å²) >= 11 is 6.29. The summed E-state index contributed by atoms with van der Waals surface area (Å²) in [5.41, 5.74) is 1.72. The Morgan fingerprint density at radius 1 is 1.42 bits per heavy atom. The Kier molecular flexibility index (Phi) is 6.52. The van der Waals surface area contributed by atoms with Crippen LogP contribution in [0, 0.1) is 0 Å². The summed E-state index contributed by atoms with van der Waals surface area (Å²) in [6, 6.07) is 0.363. The molecule has 4 nitrogen and oxygen atoms in total. The molecular weight excluding hydrogens is 262 g/mol. The van der Waals surface area contributed by atoms with Gasteiger partial charge in [0.1, 0.15) is 0 Å². The van der Waals surface area contributed by atoms with Gasteiger partial charge in [0.25, 0.3) is 0 Å². The van der Waals surface area contributed by atoms with Gasteiger partial charge in [0.05, 0.1) is 29.4 Å². The molecule has 0 aromatic carbocycles. The van der Waals surface area contributed by atoms with Crippen molar-refractivity contribution in [2.45, 2.75) is 59.5 Å². The number of aryl methyl sites for hydroxylation is 2. The zero-order valence-corrected chi connectivity index (χ0v) is 13.0. The molecule has 1 aromatic rings. The average molecular weight is 286 g/mol. The van der Waals surface area contributed by atoms with Crippen LogP contribution in [0.1, 0.15) is 45.5 Å². The highest BCUT2D eigenvalue weighted by atomic mass is 35.5. The van der Waals surface area contributed by atoms with Gasteiger partial charge in [-0.05, 0) is 26.7 Å². The molecule has 0 fully saturated rings. The summed E-state index contributed by atoms with van der Waals surface area (Å²) in [5, 5.41) is 8.28. The molecule has 0 amide bonds. The summed E-state index contributed by atoms with van der Waals surface area (Å²) in [4.78, 5) is 12.0. The molecule has 0 aliphatic carbocycles. The molecule has 1 N–H and O–H groups in total. The predicted molar refractivity (Wildman–Crippen MR) is 78.8 cm³/mol. The fourth-order valence-electron chi connectivity index (χ4n) is 1.87. The van der Waals surface area contributed by atoms with Crippen molar-refractivity contribution in [3.05, 3.63) is 16.4 Å². The number of aromatic nitrogens is 2. The zero-order chi connectivity index (χ0) is 14.4. The standard InChI is InChI=1S/C14H24ClN3O/c1-5-10(4)16-9-11(19)8-13-14(15)12(6-2)17-18(13)7-3/h10,16H,5-9H2,1-4H3. The van der Waals surface area contributed by atoms with Gasteiger partial charge < -0.3 is 5.32 Å². The molecule has 19 heavy (non-hydrogen) atoms. The summed E-state index contributed by atoms with van der Waals surface area (Å²) in [6.45, 7) is 9.33. The van der Waals surface area contributed by atoms with Gasteiger partial charge >= 0.3 is 0 Å². The summed E-state index contributed by atoms with van der Waals surface area (Å²) in [5.74, 6) is 0.152. The number of hydrogen-bond acceptors (Lipinski definition) is 3. The van der Waals surface area contributed by atoms with Crippen molar-refractivity contribution >= 4 is 17.4 Å². The van der Waals surface area contributed by atoms with Crippen LogP contribution in [0.2, 0.25) is 5.02 Å². The first-order valence-corrected chi connectivity index (χ1v) is 7.40. The van der Waals surface area contributed by atoms with Crippen molar-refractivity contribution in [2.24, 2.45) is 0 Å². The van der Waals surface area contributed by atoms with Gasteiger partial charge in [0.2, 0.25) is 0 Å². The van der Waals surface area contributed by atoms with E-state index in [1.165, 1.54) is 0 Å². The van der Waals surface area contributed by atoms with Crippen LogP contribution < -0.4 is 5.32 Å². The Hall–Kier alpha value is -0.870. The minimum Gasteiger partial charge on any atom is -0.307 e. The SMILES string of the molecule is CCc1nn(CC)c(CC(=O)CNC(C)CC)c1Cl. The molecule has 0 radical (unpaired) electrons. The van der Waals surface area contributed by atoms with Crippen molar-refractivity contribution in [3.63, 3.8) is 0 Å². The molecule has 108 valence electrons. The smallest absolute Gasteiger partial charge is 0.152 e. The molecule has 0 bridgehead atoms. The zero-order valence-electron chi connectivity index (χ0n) is 12.3. The second kappa shape index (κ2) is 7.65. The highest BCUT2D eigenvalue weighted by molar-refractivity contribution is 6.32. The topological polar surface area (TPSA) is 46.9 Å². The quantitative estimate of drug-likeness (QED) is 0.799.